The molecule has 0 radical (unpaired) electrons. The number of aliphatic hydroxyl groups is 1. The Balaban J connectivity index is 2.22. The molecule has 1 atom stereocenters. The van der Waals surface area contributed by atoms with Crippen LogP contribution in [0.3, 0.4) is 0 Å². The zero-order chi connectivity index (χ0) is 16.5. The van der Waals surface area contributed by atoms with E-state index in [9.17, 15) is 10.1 Å². The second kappa shape index (κ2) is 6.49. The normalized spacial score (nSPS) is 20.2. The highest BCUT2D eigenvalue weighted by atomic mass is 35.5. The van der Waals surface area contributed by atoms with Crippen LogP contribution < -0.4 is 5.59 Å². The van der Waals surface area contributed by atoms with Crippen molar-refractivity contribution in [3.05, 3.63) is 11.5 Å². The molecule has 0 aliphatic carbocycles. The Morgan fingerprint density at radius 1 is 1.41 bits per heavy atom. The lowest BCUT2D eigenvalue weighted by Gasteiger charge is -2.38. The molecule has 2 heterocycles. The Hall–Kier alpha value is -0.595. The predicted octanol–water partition coefficient (Wildman–Crippen LogP) is 1.49. The lowest BCUT2D eigenvalue weighted by atomic mass is 9.80. The quantitative estimate of drug-likeness (QED) is 0.800. The van der Waals surface area contributed by atoms with E-state index >= 15 is 0 Å². The first-order valence-electron chi connectivity index (χ1n) is 7.56. The van der Waals surface area contributed by atoms with Crippen LogP contribution in [0.25, 0.3) is 0 Å². The van der Waals surface area contributed by atoms with Gasteiger partial charge in [-0.25, -0.2) is 4.98 Å². The van der Waals surface area contributed by atoms with Crippen molar-refractivity contribution in [2.75, 3.05) is 6.61 Å². The van der Waals surface area contributed by atoms with Crippen LogP contribution in [0.5, 0.6) is 0 Å². The highest BCUT2D eigenvalue weighted by molar-refractivity contribution is 6.59. The van der Waals surface area contributed by atoms with Crippen molar-refractivity contribution in [2.45, 2.75) is 64.4 Å². The average Bonchev–Trinajstić information content (AvgIpc) is 2.80. The van der Waals surface area contributed by atoms with Gasteiger partial charge in [0.25, 0.3) is 0 Å². The van der Waals surface area contributed by atoms with Gasteiger partial charge in [0.15, 0.2) is 0 Å². The van der Waals surface area contributed by atoms with E-state index in [-0.39, 0.29) is 11.5 Å². The Bertz CT molecular complexity index is 509. The summed E-state index contributed by atoms with van der Waals surface area (Å²) in [5.41, 5.74) is -1.65. The van der Waals surface area contributed by atoms with Crippen LogP contribution in [0.4, 0.5) is 0 Å². The van der Waals surface area contributed by atoms with Crippen molar-refractivity contribution >= 4 is 24.3 Å². The summed E-state index contributed by atoms with van der Waals surface area (Å²) in [4.78, 5) is 4.05. The number of hydrogen-bond donors (Lipinski definition) is 2. The summed E-state index contributed by atoms with van der Waals surface area (Å²) < 4.78 is 13.0. The number of nitrogens with zero attached hydrogens (tertiary/aromatic N) is 2. The van der Waals surface area contributed by atoms with E-state index in [0.29, 0.717) is 12.2 Å². The second-order valence-corrected chi connectivity index (χ2v) is 7.02. The summed E-state index contributed by atoms with van der Waals surface area (Å²) in [6.45, 7) is 7.36. The van der Waals surface area contributed by atoms with Crippen LogP contribution in [0, 0.1) is 0 Å². The van der Waals surface area contributed by atoms with Gasteiger partial charge in [0.05, 0.1) is 16.8 Å². The summed E-state index contributed by atoms with van der Waals surface area (Å²) >= 11 is 6.14. The lowest BCUT2D eigenvalue weighted by molar-refractivity contribution is -0.0987. The van der Waals surface area contributed by atoms with Crippen molar-refractivity contribution < 1.29 is 19.5 Å². The van der Waals surface area contributed by atoms with Gasteiger partial charge in [-0.3, -0.25) is 4.57 Å². The molecule has 0 aromatic carbocycles. The van der Waals surface area contributed by atoms with Gasteiger partial charge in [0.2, 0.25) is 5.28 Å². The summed E-state index contributed by atoms with van der Waals surface area (Å²) in [6.07, 6.45) is 4.09. The molecule has 8 heteroatoms. The van der Waals surface area contributed by atoms with Gasteiger partial charge < -0.3 is 19.5 Å². The maximum Gasteiger partial charge on any atom is 0.510 e. The minimum absolute atomic E-state index is 0.248. The molecular weight excluding hydrogens is 306 g/mol. The van der Waals surface area contributed by atoms with Crippen molar-refractivity contribution in [2.24, 2.45) is 0 Å². The van der Waals surface area contributed by atoms with Crippen LogP contribution in [-0.4, -0.2) is 44.6 Å². The third kappa shape index (κ3) is 3.66. The highest BCUT2D eigenvalue weighted by Crippen LogP contribution is 2.27. The topological polar surface area (TPSA) is 76.7 Å². The summed E-state index contributed by atoms with van der Waals surface area (Å²) in [7, 11) is -1.26. The molecule has 1 unspecified atom stereocenters. The van der Waals surface area contributed by atoms with Gasteiger partial charge in [0.1, 0.15) is 6.23 Å². The van der Waals surface area contributed by atoms with Gasteiger partial charge in [0, 0.05) is 12.8 Å². The van der Waals surface area contributed by atoms with E-state index in [4.69, 9.17) is 21.0 Å². The standard InChI is InChI=1S/C14H24BClN2O4/c1-13(2,19)14(3,4)22-15(20)10-9-17-12(16)18(10)11-7-5-6-8-21-11/h9,11,19-20H,5-8H2,1-4H3. The molecule has 2 rings (SSSR count). The molecule has 0 saturated carbocycles. The SMILES string of the molecule is CC(C)(O)C(C)(C)OB(O)c1cnc(Cl)n1C1CCCCO1. The van der Waals surface area contributed by atoms with E-state index in [1.165, 1.54) is 6.20 Å². The molecule has 1 aromatic rings. The van der Waals surface area contributed by atoms with Crippen LogP contribution in [0.1, 0.15) is 53.2 Å². The molecule has 22 heavy (non-hydrogen) atoms. The molecule has 2 N–H and O–H groups in total. The fourth-order valence-electron chi connectivity index (χ4n) is 2.23. The third-order valence-electron chi connectivity index (χ3n) is 4.36. The molecule has 0 spiro atoms. The first kappa shape index (κ1) is 17.8. The molecule has 6 nitrogen and oxygen atoms in total. The van der Waals surface area contributed by atoms with E-state index in [2.05, 4.69) is 4.98 Å². The van der Waals surface area contributed by atoms with E-state index in [1.807, 2.05) is 0 Å². The third-order valence-corrected chi connectivity index (χ3v) is 4.64. The van der Waals surface area contributed by atoms with E-state index in [0.717, 1.165) is 19.3 Å². The number of hydrogen-bond acceptors (Lipinski definition) is 5. The van der Waals surface area contributed by atoms with Crippen molar-refractivity contribution in [3.8, 4) is 0 Å². The van der Waals surface area contributed by atoms with Crippen molar-refractivity contribution in [1.29, 1.82) is 0 Å². The smallest absolute Gasteiger partial charge is 0.422 e. The molecule has 0 amide bonds. The van der Waals surface area contributed by atoms with Crippen LogP contribution in [-0.2, 0) is 9.39 Å². The summed E-state index contributed by atoms with van der Waals surface area (Å²) in [6, 6.07) is 0. The Labute approximate surface area is 136 Å². The maximum absolute atomic E-state index is 10.4. The van der Waals surface area contributed by atoms with Crippen molar-refractivity contribution in [1.82, 2.24) is 9.55 Å². The van der Waals surface area contributed by atoms with E-state index < -0.39 is 18.3 Å². The van der Waals surface area contributed by atoms with Gasteiger partial charge in [-0.15, -0.1) is 0 Å². The molecule has 1 saturated heterocycles. The van der Waals surface area contributed by atoms with Gasteiger partial charge in [-0.1, -0.05) is 0 Å². The number of imidazole rings is 1. The highest BCUT2D eigenvalue weighted by Gasteiger charge is 2.41. The second-order valence-electron chi connectivity index (χ2n) is 6.68. The Morgan fingerprint density at radius 2 is 2.09 bits per heavy atom. The predicted molar refractivity (Wildman–Crippen MR) is 85.1 cm³/mol. The minimum Gasteiger partial charge on any atom is -0.422 e. The van der Waals surface area contributed by atoms with E-state index in [1.54, 1.807) is 32.3 Å². The maximum atomic E-state index is 10.4. The Kier molecular flexibility index (Phi) is 5.24. The fraction of sp³-hybridized carbons (Fsp3) is 0.786. The van der Waals surface area contributed by atoms with Crippen LogP contribution in [0.2, 0.25) is 5.28 Å². The lowest BCUT2D eigenvalue weighted by Crippen LogP contribution is -2.54. The molecule has 0 bridgehead atoms. The van der Waals surface area contributed by atoms with Gasteiger partial charge in [-0.2, -0.15) is 0 Å². The monoisotopic (exact) mass is 330 g/mol. The largest absolute Gasteiger partial charge is 0.510 e. The zero-order valence-electron chi connectivity index (χ0n) is 13.5. The van der Waals surface area contributed by atoms with Crippen molar-refractivity contribution in [3.63, 3.8) is 0 Å². The zero-order valence-corrected chi connectivity index (χ0v) is 14.3. The fourth-order valence-corrected chi connectivity index (χ4v) is 2.48. The molecule has 1 aliphatic heterocycles. The van der Waals surface area contributed by atoms with Gasteiger partial charge in [-0.05, 0) is 58.6 Å². The number of aromatic nitrogens is 2. The first-order chi connectivity index (χ1) is 10.1. The molecule has 1 aliphatic rings. The summed E-state index contributed by atoms with van der Waals surface area (Å²) in [5, 5.41) is 20.8. The molecule has 124 valence electrons. The number of ether oxygens (including phenoxy) is 1. The molecular formula is C14H24BClN2O4. The molecule has 1 fully saturated rings. The van der Waals surface area contributed by atoms with Gasteiger partial charge >= 0.3 is 7.12 Å². The summed E-state index contributed by atoms with van der Waals surface area (Å²) in [5.74, 6) is 0. The number of halogens is 1. The van der Waals surface area contributed by atoms with Crippen LogP contribution in [0.15, 0.2) is 6.20 Å². The minimum atomic E-state index is -1.26. The first-order valence-corrected chi connectivity index (χ1v) is 7.94. The molecule has 1 aromatic heterocycles. The average molecular weight is 331 g/mol. The number of rotatable bonds is 5. The Morgan fingerprint density at radius 3 is 2.64 bits per heavy atom. The van der Waals surface area contributed by atoms with Crippen LogP contribution >= 0.6 is 11.6 Å².